The van der Waals surface area contributed by atoms with Crippen molar-refractivity contribution in [1.29, 1.82) is 0 Å². The molecule has 2 rings (SSSR count). The third kappa shape index (κ3) is 5.36. The number of rotatable bonds is 10. The molecule has 2 aromatic rings. The molecule has 0 aliphatic rings. The number of sulfonamides is 3. The smallest absolute Gasteiger partial charge is 0.262 e. The molecule has 0 fully saturated rings. The fraction of sp³-hybridized carbons (Fsp3) is 0.333. The van der Waals surface area contributed by atoms with Crippen LogP contribution in [-0.4, -0.2) is 56.8 Å². The Hall–Kier alpha value is -2.19. The summed E-state index contributed by atoms with van der Waals surface area (Å²) in [6.07, 6.45) is 0. The average molecular weight is 492 g/mol. The van der Waals surface area contributed by atoms with E-state index in [0.717, 1.165) is 12.1 Å². The third-order valence-electron chi connectivity index (χ3n) is 4.45. The lowest BCUT2D eigenvalue weighted by atomic mass is 10.3. The van der Waals surface area contributed by atoms with Gasteiger partial charge in [-0.15, -0.1) is 0 Å². The van der Waals surface area contributed by atoms with Crippen LogP contribution >= 0.6 is 0 Å². The summed E-state index contributed by atoms with van der Waals surface area (Å²) in [7, 11) is -9.44. The minimum atomic E-state index is -4.26. The Morgan fingerprint density at radius 3 is 1.94 bits per heavy atom. The van der Waals surface area contributed by atoms with Gasteiger partial charge in [0, 0.05) is 13.1 Å². The van der Waals surface area contributed by atoms with E-state index in [1.165, 1.54) is 48.8 Å². The van der Waals surface area contributed by atoms with E-state index in [2.05, 4.69) is 9.44 Å². The number of hydrogen-bond donors (Lipinski definition) is 2. The van der Waals surface area contributed by atoms with Crippen LogP contribution in [-0.2, 0) is 30.1 Å². The summed E-state index contributed by atoms with van der Waals surface area (Å²) in [6.45, 7) is 3.89. The summed E-state index contributed by atoms with van der Waals surface area (Å²) < 4.78 is 86.2. The first-order chi connectivity index (χ1) is 14.4. The Balaban J connectivity index is 2.54. The van der Waals surface area contributed by atoms with Crippen LogP contribution in [0.1, 0.15) is 13.8 Å². The van der Waals surface area contributed by atoms with Crippen molar-refractivity contribution >= 4 is 35.8 Å². The van der Waals surface area contributed by atoms with Crippen LogP contribution < -0.4 is 14.2 Å². The molecular formula is C18H25N3O7S3. The van der Waals surface area contributed by atoms with Gasteiger partial charge in [0.25, 0.3) is 10.0 Å². The highest BCUT2D eigenvalue weighted by Gasteiger charge is 2.25. The van der Waals surface area contributed by atoms with Gasteiger partial charge >= 0.3 is 0 Å². The van der Waals surface area contributed by atoms with E-state index >= 15 is 0 Å². The second kappa shape index (κ2) is 9.53. The van der Waals surface area contributed by atoms with Crippen molar-refractivity contribution in [2.24, 2.45) is 0 Å². The minimum Gasteiger partial charge on any atom is -0.495 e. The molecule has 0 saturated carbocycles. The van der Waals surface area contributed by atoms with E-state index < -0.39 is 30.1 Å². The highest BCUT2D eigenvalue weighted by Crippen LogP contribution is 2.31. The summed E-state index contributed by atoms with van der Waals surface area (Å²) in [5.41, 5.74) is -0.0994. The zero-order valence-corrected chi connectivity index (χ0v) is 19.9. The Morgan fingerprint density at radius 1 is 0.839 bits per heavy atom. The molecule has 0 atom stereocenters. The Labute approximate surface area is 183 Å². The lowest BCUT2D eigenvalue weighted by Gasteiger charge is -2.20. The predicted molar refractivity (Wildman–Crippen MR) is 117 cm³/mol. The molecule has 0 aliphatic heterocycles. The van der Waals surface area contributed by atoms with E-state index in [1.807, 2.05) is 0 Å². The van der Waals surface area contributed by atoms with Gasteiger partial charge in [-0.3, -0.25) is 4.72 Å². The van der Waals surface area contributed by atoms with E-state index in [1.54, 1.807) is 13.8 Å². The average Bonchev–Trinajstić information content (AvgIpc) is 2.74. The monoisotopic (exact) mass is 491 g/mol. The van der Waals surface area contributed by atoms with Crippen molar-refractivity contribution in [1.82, 2.24) is 9.03 Å². The molecule has 0 spiro atoms. The van der Waals surface area contributed by atoms with Crippen molar-refractivity contribution in [3.8, 4) is 5.75 Å². The number of methoxy groups -OCH3 is 1. The molecule has 10 nitrogen and oxygen atoms in total. The topological polar surface area (TPSA) is 139 Å². The van der Waals surface area contributed by atoms with Crippen LogP contribution in [0.15, 0.2) is 57.2 Å². The minimum absolute atomic E-state index is 0.0982. The summed E-state index contributed by atoms with van der Waals surface area (Å²) in [5, 5.41) is 0. The van der Waals surface area contributed by atoms with Gasteiger partial charge in [-0.05, 0) is 43.4 Å². The molecule has 0 radical (unpaired) electrons. The van der Waals surface area contributed by atoms with Gasteiger partial charge in [-0.2, -0.15) is 4.31 Å². The Kier molecular flexibility index (Phi) is 7.70. The third-order valence-corrected chi connectivity index (χ3v) is 9.27. The van der Waals surface area contributed by atoms with Crippen molar-refractivity contribution in [3.63, 3.8) is 0 Å². The first kappa shape index (κ1) is 25.1. The first-order valence-corrected chi connectivity index (χ1v) is 13.6. The molecular weight excluding hydrogens is 466 g/mol. The van der Waals surface area contributed by atoms with Crippen LogP contribution in [0.2, 0.25) is 0 Å². The lowest BCUT2D eigenvalue weighted by Crippen LogP contribution is -2.30. The number of nitrogens with one attached hydrogen (secondary N) is 2. The summed E-state index contributed by atoms with van der Waals surface area (Å²) in [6, 6.07) is 8.59. The van der Waals surface area contributed by atoms with Gasteiger partial charge in [0.2, 0.25) is 20.0 Å². The summed E-state index contributed by atoms with van der Waals surface area (Å²) in [5.74, 6) is 0.0982. The molecule has 0 aromatic heterocycles. The SMILES string of the molecule is CCN(CC)S(=O)(=O)c1ccc(OC)c(NS(=O)(=O)c2cccc(S(=O)(=O)NC)c2)c1. The van der Waals surface area contributed by atoms with Gasteiger partial charge in [-0.25, -0.2) is 30.0 Å². The summed E-state index contributed by atoms with van der Waals surface area (Å²) >= 11 is 0. The van der Waals surface area contributed by atoms with Gasteiger partial charge in [-0.1, -0.05) is 19.9 Å². The van der Waals surface area contributed by atoms with Crippen LogP contribution in [0.5, 0.6) is 5.75 Å². The van der Waals surface area contributed by atoms with Crippen molar-refractivity contribution in [3.05, 3.63) is 42.5 Å². The molecule has 0 aliphatic carbocycles. The van der Waals surface area contributed by atoms with Crippen LogP contribution in [0.4, 0.5) is 5.69 Å². The number of anilines is 1. The number of nitrogens with zero attached hydrogens (tertiary/aromatic N) is 1. The van der Waals surface area contributed by atoms with Gasteiger partial charge < -0.3 is 4.74 Å². The van der Waals surface area contributed by atoms with E-state index in [0.29, 0.717) is 0 Å². The van der Waals surface area contributed by atoms with Crippen LogP contribution in [0.3, 0.4) is 0 Å². The maximum Gasteiger partial charge on any atom is 0.262 e. The molecule has 0 saturated heterocycles. The van der Waals surface area contributed by atoms with Gasteiger partial charge in [0.05, 0.1) is 27.5 Å². The maximum absolute atomic E-state index is 12.9. The second-order valence-electron chi connectivity index (χ2n) is 6.24. The fourth-order valence-corrected chi connectivity index (χ4v) is 6.21. The molecule has 0 unspecified atom stereocenters. The molecule has 2 aromatic carbocycles. The van der Waals surface area contributed by atoms with Crippen molar-refractivity contribution in [2.45, 2.75) is 28.5 Å². The van der Waals surface area contributed by atoms with E-state index in [9.17, 15) is 25.3 Å². The van der Waals surface area contributed by atoms with Gasteiger partial charge in [0.1, 0.15) is 5.75 Å². The normalized spacial score (nSPS) is 12.7. The lowest BCUT2D eigenvalue weighted by molar-refractivity contribution is 0.416. The Bertz CT molecular complexity index is 1250. The first-order valence-electron chi connectivity index (χ1n) is 9.17. The zero-order valence-electron chi connectivity index (χ0n) is 17.5. The number of benzene rings is 2. The van der Waals surface area contributed by atoms with Crippen molar-refractivity contribution in [2.75, 3.05) is 32.0 Å². The highest BCUT2D eigenvalue weighted by molar-refractivity contribution is 7.93. The van der Waals surface area contributed by atoms with E-state index in [-0.39, 0.29) is 39.2 Å². The maximum atomic E-state index is 12.9. The predicted octanol–water partition coefficient (Wildman–Crippen LogP) is 1.43. The fourth-order valence-electron chi connectivity index (χ4n) is 2.77. The molecule has 0 amide bonds. The zero-order chi connectivity index (χ0) is 23.4. The molecule has 31 heavy (non-hydrogen) atoms. The Morgan fingerprint density at radius 2 is 1.42 bits per heavy atom. The molecule has 172 valence electrons. The molecule has 2 N–H and O–H groups in total. The molecule has 13 heteroatoms. The second-order valence-corrected chi connectivity index (χ2v) is 11.7. The highest BCUT2D eigenvalue weighted by atomic mass is 32.2. The number of ether oxygens (including phenoxy) is 1. The standard InChI is InChI=1S/C18H25N3O7S3/c1-5-21(6-2)31(26,27)16-10-11-18(28-4)17(13-16)20-30(24,25)15-9-7-8-14(12-15)29(22,23)19-3/h7-13,19-20H,5-6H2,1-4H3. The molecule has 0 heterocycles. The summed E-state index contributed by atoms with van der Waals surface area (Å²) in [4.78, 5) is -0.660. The number of hydrogen-bond acceptors (Lipinski definition) is 7. The largest absolute Gasteiger partial charge is 0.495 e. The molecule has 0 bridgehead atoms. The van der Waals surface area contributed by atoms with Gasteiger partial charge in [0.15, 0.2) is 0 Å². The van der Waals surface area contributed by atoms with Crippen molar-refractivity contribution < 1.29 is 30.0 Å². The van der Waals surface area contributed by atoms with Crippen LogP contribution in [0.25, 0.3) is 0 Å². The van der Waals surface area contributed by atoms with Crippen LogP contribution in [0, 0.1) is 0 Å². The van der Waals surface area contributed by atoms with E-state index in [4.69, 9.17) is 4.74 Å². The quantitative estimate of drug-likeness (QED) is 0.513.